The molecule has 0 aliphatic rings. The monoisotopic (exact) mass is 472 g/mol. The van der Waals surface area contributed by atoms with Crippen LogP contribution in [0.4, 0.5) is 0 Å². The maximum Gasteiger partial charge on any atom is 0.257 e. The van der Waals surface area contributed by atoms with E-state index >= 15 is 0 Å². The minimum atomic E-state index is -0.374. The Labute approximate surface area is 203 Å². The van der Waals surface area contributed by atoms with Gasteiger partial charge in [0.15, 0.2) is 5.43 Å². The number of pyridine rings is 2. The van der Waals surface area contributed by atoms with Gasteiger partial charge in [-0.1, -0.05) is 36.4 Å². The molecule has 3 aromatic heterocycles. The molecule has 0 radical (unpaired) electrons. The molecule has 174 valence electrons. The number of nitrogens with one attached hydrogen (secondary N) is 1. The minimum Gasteiger partial charge on any atom is -0.344 e. The summed E-state index contributed by atoms with van der Waals surface area (Å²) in [7, 11) is 0. The molecule has 0 saturated heterocycles. The molecule has 34 heavy (non-hydrogen) atoms. The van der Waals surface area contributed by atoms with E-state index in [0.717, 1.165) is 33.3 Å². The Hall–Kier alpha value is -3.58. The molecule has 3 heterocycles. The van der Waals surface area contributed by atoms with Crippen molar-refractivity contribution in [3.63, 3.8) is 0 Å². The summed E-state index contributed by atoms with van der Waals surface area (Å²) in [6.07, 6.45) is 3.02. The largest absolute Gasteiger partial charge is 0.344 e. The lowest BCUT2D eigenvalue weighted by Crippen LogP contribution is -2.34. The highest BCUT2D eigenvalue weighted by atomic mass is 32.1. The van der Waals surface area contributed by atoms with Crippen molar-refractivity contribution in [2.45, 2.75) is 46.2 Å². The SMILES string of the molecule is Cc1nc([C@@H](C)NC(=O)c2c(CCc3ccccc3)n(Cc3ccccn3)c(C)cc2=O)cs1. The average Bonchev–Trinajstić information content (AvgIpc) is 3.27. The number of aromatic nitrogens is 3. The Morgan fingerprint density at radius 3 is 2.53 bits per heavy atom. The molecule has 4 aromatic rings. The quantitative estimate of drug-likeness (QED) is 0.405. The van der Waals surface area contributed by atoms with E-state index in [2.05, 4.69) is 27.4 Å². The minimum absolute atomic E-state index is 0.191. The van der Waals surface area contributed by atoms with Gasteiger partial charge in [-0.05, 0) is 51.3 Å². The predicted molar refractivity (Wildman–Crippen MR) is 135 cm³/mol. The molecule has 1 amide bonds. The molecule has 4 rings (SSSR count). The molecule has 1 atom stereocenters. The number of carbonyl (C=O) groups is 1. The molecule has 7 heteroatoms. The van der Waals surface area contributed by atoms with Crippen LogP contribution >= 0.6 is 11.3 Å². The number of aryl methyl sites for hydroxylation is 3. The summed E-state index contributed by atoms with van der Waals surface area (Å²) >= 11 is 1.54. The zero-order valence-corrected chi connectivity index (χ0v) is 20.4. The molecule has 1 aromatic carbocycles. The number of carbonyl (C=O) groups excluding carboxylic acids is 1. The second-order valence-corrected chi connectivity index (χ2v) is 9.41. The van der Waals surface area contributed by atoms with E-state index in [-0.39, 0.29) is 22.9 Å². The summed E-state index contributed by atoms with van der Waals surface area (Å²) in [5, 5.41) is 5.87. The Bertz CT molecular complexity index is 1330. The van der Waals surface area contributed by atoms with Crippen molar-refractivity contribution < 1.29 is 4.79 Å². The summed E-state index contributed by atoms with van der Waals surface area (Å²) in [4.78, 5) is 35.5. The lowest BCUT2D eigenvalue weighted by atomic mass is 10.0. The first-order valence-corrected chi connectivity index (χ1v) is 12.2. The number of hydrogen-bond acceptors (Lipinski definition) is 5. The smallest absolute Gasteiger partial charge is 0.257 e. The molecule has 0 aliphatic heterocycles. The first-order valence-electron chi connectivity index (χ1n) is 11.3. The van der Waals surface area contributed by atoms with Crippen molar-refractivity contribution in [1.29, 1.82) is 0 Å². The number of amides is 1. The zero-order valence-electron chi connectivity index (χ0n) is 19.6. The van der Waals surface area contributed by atoms with Crippen LogP contribution in [0.25, 0.3) is 0 Å². The van der Waals surface area contributed by atoms with E-state index in [1.54, 1.807) is 12.3 Å². The van der Waals surface area contributed by atoms with E-state index in [9.17, 15) is 9.59 Å². The van der Waals surface area contributed by atoms with Gasteiger partial charge in [0.2, 0.25) is 0 Å². The van der Waals surface area contributed by atoms with E-state index in [1.165, 1.54) is 11.3 Å². The molecule has 0 fully saturated rings. The van der Waals surface area contributed by atoms with Crippen molar-refractivity contribution >= 4 is 17.2 Å². The van der Waals surface area contributed by atoms with E-state index in [4.69, 9.17) is 0 Å². The maximum absolute atomic E-state index is 13.4. The third kappa shape index (κ3) is 5.48. The van der Waals surface area contributed by atoms with E-state index < -0.39 is 0 Å². The molecule has 0 spiro atoms. The van der Waals surface area contributed by atoms with Crippen molar-refractivity contribution in [3.8, 4) is 0 Å². The Morgan fingerprint density at radius 2 is 1.85 bits per heavy atom. The van der Waals surface area contributed by atoms with E-state index in [1.807, 2.05) is 67.1 Å². The van der Waals surface area contributed by atoms with Gasteiger partial charge in [0.1, 0.15) is 5.56 Å². The summed E-state index contributed by atoms with van der Waals surface area (Å²) in [5.74, 6) is -0.374. The first kappa shape index (κ1) is 23.6. The van der Waals surface area contributed by atoms with Gasteiger partial charge >= 0.3 is 0 Å². The molecule has 0 unspecified atom stereocenters. The zero-order chi connectivity index (χ0) is 24.1. The molecule has 0 aliphatic carbocycles. The fourth-order valence-corrected chi connectivity index (χ4v) is 4.74. The van der Waals surface area contributed by atoms with Gasteiger partial charge in [0, 0.05) is 29.0 Å². The van der Waals surface area contributed by atoms with Crippen LogP contribution in [-0.2, 0) is 19.4 Å². The van der Waals surface area contributed by atoms with Gasteiger partial charge < -0.3 is 9.88 Å². The van der Waals surface area contributed by atoms with Crippen LogP contribution in [0, 0.1) is 13.8 Å². The highest BCUT2D eigenvalue weighted by molar-refractivity contribution is 7.09. The highest BCUT2D eigenvalue weighted by Gasteiger charge is 2.23. The van der Waals surface area contributed by atoms with E-state index in [0.29, 0.717) is 19.4 Å². The van der Waals surface area contributed by atoms with Gasteiger partial charge in [-0.3, -0.25) is 14.6 Å². The van der Waals surface area contributed by atoms with Gasteiger partial charge in [-0.2, -0.15) is 0 Å². The molecule has 6 nitrogen and oxygen atoms in total. The lowest BCUT2D eigenvalue weighted by molar-refractivity contribution is 0.0936. The van der Waals surface area contributed by atoms with Crippen LogP contribution in [0.2, 0.25) is 0 Å². The van der Waals surface area contributed by atoms with Crippen molar-refractivity contribution in [2.75, 3.05) is 0 Å². The summed E-state index contributed by atoms with van der Waals surface area (Å²) in [5.41, 5.74) is 4.26. The lowest BCUT2D eigenvalue weighted by Gasteiger charge is -2.21. The van der Waals surface area contributed by atoms with Crippen molar-refractivity contribution in [1.82, 2.24) is 19.9 Å². The highest BCUT2D eigenvalue weighted by Crippen LogP contribution is 2.19. The summed E-state index contributed by atoms with van der Waals surface area (Å²) in [6, 6.07) is 17.1. The maximum atomic E-state index is 13.4. The fraction of sp³-hybridized carbons (Fsp3) is 0.259. The van der Waals surface area contributed by atoms with Gasteiger partial charge in [0.25, 0.3) is 5.91 Å². The van der Waals surface area contributed by atoms with Crippen molar-refractivity contribution in [2.24, 2.45) is 0 Å². The Balaban J connectivity index is 1.73. The van der Waals surface area contributed by atoms with Crippen LogP contribution in [0.15, 0.2) is 71.0 Å². The van der Waals surface area contributed by atoms with Gasteiger partial charge in [-0.15, -0.1) is 11.3 Å². The van der Waals surface area contributed by atoms with Crippen molar-refractivity contribution in [3.05, 3.63) is 115 Å². The standard InChI is InChI=1S/C27H28N4O2S/c1-18-15-25(32)26(27(33)29-19(2)23-17-34-20(3)30-23)24(13-12-21-9-5-4-6-10-21)31(18)16-22-11-7-8-14-28-22/h4-11,14-15,17,19H,12-13,16H2,1-3H3,(H,29,33)/t19-/m1/s1. The fourth-order valence-electron chi connectivity index (χ4n) is 4.04. The van der Waals surface area contributed by atoms with Crippen LogP contribution < -0.4 is 10.7 Å². The Kier molecular flexibility index (Phi) is 7.33. The van der Waals surface area contributed by atoms with Crippen LogP contribution in [0.1, 0.15) is 56.7 Å². The van der Waals surface area contributed by atoms with Crippen LogP contribution in [0.3, 0.4) is 0 Å². The number of rotatable bonds is 8. The number of nitrogens with zero attached hydrogens (tertiary/aromatic N) is 3. The molecular formula is C27H28N4O2S. The molecule has 0 bridgehead atoms. The second-order valence-electron chi connectivity index (χ2n) is 8.35. The summed E-state index contributed by atoms with van der Waals surface area (Å²) in [6.45, 7) is 6.20. The first-order chi connectivity index (χ1) is 16.4. The van der Waals surface area contributed by atoms with Crippen LogP contribution in [0.5, 0.6) is 0 Å². The second kappa shape index (κ2) is 10.6. The molecule has 0 saturated carbocycles. The number of benzene rings is 1. The van der Waals surface area contributed by atoms with Gasteiger partial charge in [-0.25, -0.2) is 4.98 Å². The number of hydrogen-bond donors (Lipinski definition) is 1. The topological polar surface area (TPSA) is 76.9 Å². The van der Waals surface area contributed by atoms with Gasteiger partial charge in [0.05, 0.1) is 29.0 Å². The van der Waals surface area contributed by atoms with Crippen LogP contribution in [-0.4, -0.2) is 20.4 Å². The normalized spacial score (nSPS) is 11.9. The predicted octanol–water partition coefficient (Wildman–Crippen LogP) is 4.64. The Morgan fingerprint density at radius 1 is 1.09 bits per heavy atom. The third-order valence-electron chi connectivity index (χ3n) is 5.82. The summed E-state index contributed by atoms with van der Waals surface area (Å²) < 4.78 is 2.04. The molecule has 1 N–H and O–H groups in total. The average molecular weight is 473 g/mol. The third-order valence-corrected chi connectivity index (χ3v) is 6.61. The number of thiazole rings is 1. The molecular weight excluding hydrogens is 444 g/mol.